The topological polar surface area (TPSA) is 67.5 Å². The lowest BCUT2D eigenvalue weighted by Crippen LogP contribution is -2.75. The summed E-state index contributed by atoms with van der Waals surface area (Å²) in [6, 6.07) is 12.1. The van der Waals surface area contributed by atoms with E-state index >= 15 is 0 Å². The summed E-state index contributed by atoms with van der Waals surface area (Å²) in [5.74, 6) is -1.84. The number of carboxylic acids is 1. The molecule has 432 valence electrons. The second-order valence-electron chi connectivity index (χ2n) is 17.5. The molecule has 0 spiro atoms. The minimum absolute atomic E-state index is 0.318. The molecular weight excluding hydrogens is 1160 g/mol. The van der Waals surface area contributed by atoms with Crippen LogP contribution in [0.3, 0.4) is 0 Å². The molecule has 0 unspecified atom stereocenters. The van der Waals surface area contributed by atoms with Crippen LogP contribution in [0, 0.1) is 0 Å². The number of carbonyl (C=O) groups is 2. The van der Waals surface area contributed by atoms with E-state index in [1.165, 1.54) is 0 Å². The summed E-state index contributed by atoms with van der Waals surface area (Å²) in [6.45, 7) is -0.170. The number of aliphatic carboxylic acids is 1. The van der Waals surface area contributed by atoms with Gasteiger partial charge in [-0.3, -0.25) is 0 Å². The summed E-state index contributed by atoms with van der Waals surface area (Å²) in [7, 11) is 0. The fourth-order valence-electron chi connectivity index (χ4n) is 8.65. The van der Waals surface area contributed by atoms with Crippen LogP contribution in [0.15, 0.2) is 140 Å². The van der Waals surface area contributed by atoms with Gasteiger partial charge in [0, 0.05) is 23.1 Å². The number of rotatable bonds is 9. The van der Waals surface area contributed by atoms with Crippen molar-refractivity contribution in [3.8, 4) is 0 Å². The molecule has 7 aromatic rings. The molecule has 81 heavy (non-hydrogen) atoms. The van der Waals surface area contributed by atoms with Crippen LogP contribution in [0.2, 0.25) is 0 Å². The highest BCUT2D eigenvalue weighted by atomic mass is 19.4. The van der Waals surface area contributed by atoms with E-state index in [-0.39, 0.29) is 0 Å². The average Bonchev–Trinajstić information content (AvgIpc) is 3.34. The van der Waals surface area contributed by atoms with Crippen molar-refractivity contribution in [1.82, 2.24) is 0 Å². The summed E-state index contributed by atoms with van der Waals surface area (Å²) < 4.78 is 348. The predicted octanol–water partition coefficient (Wildman–Crippen LogP) is 13.6. The number of carbonyl (C=O) groups excluding carboxylic acids is 1. The number of ether oxygens (including phenoxy) is 1. The molecule has 0 bridgehead atoms. The fourth-order valence-corrected chi connectivity index (χ4v) is 8.65. The monoisotopic (exact) mass is 1190 g/mol. The maximum atomic E-state index is 14.2. The fraction of sp³-hybridized carbons (Fsp3) is 0.196. The second kappa shape index (κ2) is 21.8. The van der Waals surface area contributed by atoms with Gasteiger partial charge < -0.3 is 9.84 Å². The first kappa shape index (κ1) is 62.3. The second-order valence-corrected chi connectivity index (χ2v) is 17.5. The molecule has 0 aliphatic rings. The van der Waals surface area contributed by atoms with Crippen LogP contribution in [0.5, 0.6) is 0 Å². The zero-order valence-electron chi connectivity index (χ0n) is 39.5. The zero-order valence-corrected chi connectivity index (χ0v) is 39.5. The quantitative estimate of drug-likeness (QED) is 0.0677. The Hall–Kier alpha value is -7.95. The highest BCUT2D eigenvalue weighted by molar-refractivity contribution is 7.20. The summed E-state index contributed by atoms with van der Waals surface area (Å²) >= 11 is 0. The number of alkyl halides is 24. The van der Waals surface area contributed by atoms with Crippen molar-refractivity contribution < 1.29 is 129 Å². The third-order valence-corrected chi connectivity index (χ3v) is 12.1. The molecule has 0 aliphatic carbocycles. The maximum absolute atomic E-state index is 14.2. The van der Waals surface area contributed by atoms with E-state index in [4.69, 9.17) is 9.84 Å². The minimum Gasteiger partial charge on any atom is -0.479 e. The predicted molar refractivity (Wildman–Crippen MR) is 238 cm³/mol. The van der Waals surface area contributed by atoms with Gasteiger partial charge in [0.1, 0.15) is 6.15 Å². The molecule has 0 atom stereocenters. The number of hydrogen-bond donors (Lipinski definition) is 1. The smallest absolute Gasteiger partial charge is 0.416 e. The number of aromatic nitrogens is 1. The number of hydrogen-bond acceptors (Lipinski definition) is 3. The van der Waals surface area contributed by atoms with Crippen LogP contribution in [-0.2, 0) is 65.5 Å². The van der Waals surface area contributed by atoms with Crippen molar-refractivity contribution >= 4 is 50.8 Å². The van der Waals surface area contributed by atoms with Crippen LogP contribution in [-0.4, -0.2) is 29.8 Å². The first-order chi connectivity index (χ1) is 36.9. The van der Waals surface area contributed by atoms with E-state index < -0.39 is 213 Å². The van der Waals surface area contributed by atoms with Crippen LogP contribution in [0.25, 0.3) is 10.9 Å². The van der Waals surface area contributed by atoms with Gasteiger partial charge in [-0.15, -0.1) is 0 Å². The highest BCUT2D eigenvalue weighted by Crippen LogP contribution is 2.41. The van der Waals surface area contributed by atoms with E-state index in [0.29, 0.717) is 12.2 Å². The molecule has 0 saturated carbocycles. The number of halogens is 24. The molecule has 6 aromatic carbocycles. The number of carboxylic acid groups (broad SMARTS) is 1. The SMILES string of the molecule is FC(F)(F)c1cc([B-](c2cc(C(F)(F)F)cc(C(F)(F)F)c2)(c2cc(C(F)(F)F)cc(C(F)(F)F)c2)c2cc(C(F)(F)F)cc(C(F)(F)F)c2)cc(C(F)(F)F)c1.O=C(O)COC(=O)c1ccc2ccccc2[n+]1Cc1ccccc1. The van der Waals surface area contributed by atoms with Crippen molar-refractivity contribution in [2.75, 3.05) is 6.61 Å². The first-order valence-corrected chi connectivity index (χ1v) is 22.1. The Balaban J connectivity index is 0.000000363. The lowest BCUT2D eigenvalue weighted by Gasteiger charge is -2.46. The Morgan fingerprint density at radius 2 is 0.667 bits per heavy atom. The minimum atomic E-state index is -6.13. The Kier molecular flexibility index (Phi) is 16.8. The van der Waals surface area contributed by atoms with Gasteiger partial charge in [-0.1, -0.05) is 91.0 Å². The summed E-state index contributed by atoms with van der Waals surface area (Å²) in [4.78, 5) is 22.9. The Labute approximate surface area is 437 Å². The molecular formula is C51H28BF24NO4. The van der Waals surface area contributed by atoms with Crippen molar-refractivity contribution in [3.05, 3.63) is 195 Å². The van der Waals surface area contributed by atoms with E-state index in [1.807, 2.05) is 65.2 Å². The van der Waals surface area contributed by atoms with Gasteiger partial charge >= 0.3 is 61.3 Å². The third-order valence-electron chi connectivity index (χ3n) is 12.1. The average molecular weight is 1190 g/mol. The summed E-state index contributed by atoms with van der Waals surface area (Å²) in [6.07, 6.45) is -54.8. The van der Waals surface area contributed by atoms with Crippen molar-refractivity contribution in [1.29, 1.82) is 0 Å². The molecule has 5 nitrogen and oxygen atoms in total. The number of nitrogens with zero attached hydrogens (tertiary/aromatic N) is 1. The molecule has 0 radical (unpaired) electrons. The van der Waals surface area contributed by atoms with Crippen molar-refractivity contribution in [3.63, 3.8) is 0 Å². The molecule has 0 saturated heterocycles. The Morgan fingerprint density at radius 1 is 0.383 bits per heavy atom. The number of pyridine rings is 1. The number of fused-ring (bicyclic) bond motifs is 1. The number of esters is 1. The Morgan fingerprint density at radius 3 is 0.951 bits per heavy atom. The van der Waals surface area contributed by atoms with Crippen LogP contribution >= 0.6 is 0 Å². The standard InChI is InChI=1S/C32H12BF24.C19H15NO4/c34-25(35,36)13-1-14(26(37,38)39)6-21(5-13)33(22-7-15(27(40,41)42)2-16(8-22)28(43,44)45,23-9-17(29(46,47)48)3-18(10-23)30(49,50)51)24-11-19(31(52,53)54)4-20(12-24)32(55,56)57;21-18(22)13-24-19(23)17-11-10-15-8-4-5-9-16(15)20(17)12-14-6-2-1-3-7-14/h1-12H;1-11H,12-13H2/q-1;/p+1. The van der Waals surface area contributed by atoms with Crippen molar-refractivity contribution in [2.45, 2.75) is 56.0 Å². The van der Waals surface area contributed by atoms with Crippen molar-refractivity contribution in [2.24, 2.45) is 0 Å². The molecule has 7 rings (SSSR count). The van der Waals surface area contributed by atoms with E-state index in [0.717, 1.165) is 16.5 Å². The van der Waals surface area contributed by atoms with E-state index in [9.17, 15) is 115 Å². The maximum Gasteiger partial charge on any atom is 0.416 e. The Bertz CT molecular complexity index is 3030. The highest BCUT2D eigenvalue weighted by Gasteiger charge is 2.47. The molecule has 1 aromatic heterocycles. The first-order valence-electron chi connectivity index (χ1n) is 22.1. The van der Waals surface area contributed by atoms with Gasteiger partial charge in [-0.2, -0.15) is 132 Å². The van der Waals surface area contributed by atoms with Gasteiger partial charge in [-0.25, -0.2) is 9.59 Å². The molecule has 0 aliphatic heterocycles. The molecule has 1 N–H and O–H groups in total. The lowest BCUT2D eigenvalue weighted by molar-refractivity contribution is -0.665. The van der Waals surface area contributed by atoms with E-state index in [2.05, 4.69) is 0 Å². The number of para-hydroxylation sites is 1. The molecule has 0 fully saturated rings. The molecule has 0 amide bonds. The van der Waals surface area contributed by atoms with Crippen LogP contribution in [0.1, 0.15) is 60.6 Å². The number of benzene rings is 6. The third kappa shape index (κ3) is 14.3. The summed E-state index contributed by atoms with van der Waals surface area (Å²) in [5, 5.41) is 9.69. The van der Waals surface area contributed by atoms with Gasteiger partial charge in [0.25, 0.3) is 5.69 Å². The van der Waals surface area contributed by atoms with Gasteiger partial charge in [0.2, 0.25) is 5.52 Å². The normalized spacial score (nSPS) is 13.2. The van der Waals surface area contributed by atoms with Gasteiger partial charge in [0.05, 0.1) is 44.5 Å². The van der Waals surface area contributed by atoms with E-state index in [1.54, 1.807) is 6.07 Å². The van der Waals surface area contributed by atoms with Gasteiger partial charge in [0.15, 0.2) is 13.2 Å². The summed E-state index contributed by atoms with van der Waals surface area (Å²) in [5.41, 5.74) is -28.0. The lowest BCUT2D eigenvalue weighted by atomic mass is 9.12. The molecule has 30 heteroatoms. The van der Waals surface area contributed by atoms with Crippen LogP contribution in [0.4, 0.5) is 105 Å². The van der Waals surface area contributed by atoms with Gasteiger partial charge in [-0.05, 0) is 36.4 Å². The largest absolute Gasteiger partial charge is 0.479 e. The van der Waals surface area contributed by atoms with Crippen LogP contribution < -0.4 is 26.4 Å². The molecule has 1 heterocycles. The zero-order chi connectivity index (χ0) is 60.9.